The Labute approximate surface area is 110 Å². The second-order valence-electron chi connectivity index (χ2n) is 3.17. The highest BCUT2D eigenvalue weighted by Gasteiger charge is 2.11. The van der Waals surface area contributed by atoms with Crippen LogP contribution in [0.15, 0.2) is 12.1 Å². The predicted molar refractivity (Wildman–Crippen MR) is 68.5 cm³/mol. The maximum atomic E-state index is 11.4. The summed E-state index contributed by atoms with van der Waals surface area (Å²) in [4.78, 5) is 11.4. The first-order valence-corrected chi connectivity index (χ1v) is 5.81. The Morgan fingerprint density at radius 1 is 1.29 bits per heavy atom. The number of alkyl halides is 1. The molecule has 4 nitrogen and oxygen atoms in total. The Morgan fingerprint density at radius 2 is 1.94 bits per heavy atom. The van der Waals surface area contributed by atoms with E-state index >= 15 is 0 Å². The van der Waals surface area contributed by atoms with Gasteiger partial charge in [-0.1, -0.05) is 11.6 Å². The molecular formula is C11H13Cl2NO3. The molecule has 0 fully saturated rings. The summed E-state index contributed by atoms with van der Waals surface area (Å²) >= 11 is 11.4. The number of benzene rings is 1. The zero-order valence-electron chi connectivity index (χ0n) is 9.55. The van der Waals surface area contributed by atoms with E-state index < -0.39 is 0 Å². The van der Waals surface area contributed by atoms with Gasteiger partial charge in [0, 0.05) is 18.4 Å². The molecule has 94 valence electrons. The number of methoxy groups -OCH3 is 2. The lowest BCUT2D eigenvalue weighted by atomic mass is 10.2. The number of anilines is 1. The molecule has 0 aromatic heterocycles. The van der Waals surface area contributed by atoms with E-state index in [-0.39, 0.29) is 18.2 Å². The van der Waals surface area contributed by atoms with Gasteiger partial charge in [-0.25, -0.2) is 0 Å². The van der Waals surface area contributed by atoms with Gasteiger partial charge < -0.3 is 14.8 Å². The molecule has 0 unspecified atom stereocenters. The molecule has 0 bridgehead atoms. The van der Waals surface area contributed by atoms with Crippen LogP contribution in [-0.2, 0) is 4.79 Å². The highest BCUT2D eigenvalue weighted by molar-refractivity contribution is 6.32. The van der Waals surface area contributed by atoms with Crippen LogP contribution in [0.3, 0.4) is 0 Å². The lowest BCUT2D eigenvalue weighted by Gasteiger charge is -2.12. The Hall–Kier alpha value is -1.13. The van der Waals surface area contributed by atoms with Crippen molar-refractivity contribution in [2.24, 2.45) is 0 Å². The lowest BCUT2D eigenvalue weighted by molar-refractivity contribution is -0.115. The molecular weight excluding hydrogens is 265 g/mol. The summed E-state index contributed by atoms with van der Waals surface area (Å²) in [7, 11) is 3.01. The third-order valence-corrected chi connectivity index (χ3v) is 2.55. The molecule has 1 aromatic rings. The summed E-state index contributed by atoms with van der Waals surface area (Å²) in [6.45, 7) is 0. The Bertz CT molecular complexity index is 410. The van der Waals surface area contributed by atoms with Crippen molar-refractivity contribution in [3.63, 3.8) is 0 Å². The Balaban J connectivity index is 2.98. The number of carbonyl (C=O) groups is 1. The van der Waals surface area contributed by atoms with Gasteiger partial charge >= 0.3 is 0 Å². The van der Waals surface area contributed by atoms with Crippen LogP contribution in [0.25, 0.3) is 0 Å². The number of hydrogen-bond acceptors (Lipinski definition) is 3. The molecule has 0 aliphatic heterocycles. The third kappa shape index (κ3) is 3.68. The van der Waals surface area contributed by atoms with Gasteiger partial charge in [-0.3, -0.25) is 4.79 Å². The van der Waals surface area contributed by atoms with Crippen LogP contribution in [0.2, 0.25) is 5.02 Å². The second kappa shape index (κ2) is 6.57. The van der Waals surface area contributed by atoms with Gasteiger partial charge in [0.05, 0.1) is 24.9 Å². The summed E-state index contributed by atoms with van der Waals surface area (Å²) in [5.74, 6) is 1.03. The largest absolute Gasteiger partial charge is 0.495 e. The Kier molecular flexibility index (Phi) is 5.38. The smallest absolute Gasteiger partial charge is 0.225 e. The number of ether oxygens (including phenoxy) is 2. The molecule has 17 heavy (non-hydrogen) atoms. The van der Waals surface area contributed by atoms with Crippen LogP contribution in [0.4, 0.5) is 5.69 Å². The zero-order chi connectivity index (χ0) is 12.8. The summed E-state index contributed by atoms with van der Waals surface area (Å²) in [5, 5.41) is 3.06. The summed E-state index contributed by atoms with van der Waals surface area (Å²) < 4.78 is 10.2. The standard InChI is InChI=1S/C11H13Cl2NO3/c1-16-9-6-10(17-2)8(5-7(9)13)14-11(15)3-4-12/h5-6H,3-4H2,1-2H3,(H,14,15). The van der Waals surface area contributed by atoms with Gasteiger partial charge in [0.1, 0.15) is 11.5 Å². The van der Waals surface area contributed by atoms with Crippen molar-refractivity contribution in [1.82, 2.24) is 0 Å². The highest BCUT2D eigenvalue weighted by Crippen LogP contribution is 2.35. The summed E-state index contributed by atoms with van der Waals surface area (Å²) in [5.41, 5.74) is 0.494. The average molecular weight is 278 g/mol. The molecule has 0 atom stereocenters. The Morgan fingerprint density at radius 3 is 2.47 bits per heavy atom. The molecule has 0 radical (unpaired) electrons. The first-order chi connectivity index (χ1) is 8.12. The van der Waals surface area contributed by atoms with Gasteiger partial charge in [-0.05, 0) is 6.07 Å². The van der Waals surface area contributed by atoms with Crippen molar-refractivity contribution in [3.05, 3.63) is 17.2 Å². The van der Waals surface area contributed by atoms with E-state index in [1.54, 1.807) is 12.1 Å². The summed E-state index contributed by atoms with van der Waals surface area (Å²) in [6, 6.07) is 3.18. The number of amides is 1. The first kappa shape index (κ1) is 13.9. The maximum absolute atomic E-state index is 11.4. The van der Waals surface area contributed by atoms with Crippen molar-refractivity contribution in [2.45, 2.75) is 6.42 Å². The van der Waals surface area contributed by atoms with E-state index in [1.165, 1.54) is 14.2 Å². The molecule has 1 amide bonds. The van der Waals surface area contributed by atoms with E-state index in [2.05, 4.69) is 5.32 Å². The van der Waals surface area contributed by atoms with Crippen LogP contribution in [0.1, 0.15) is 6.42 Å². The number of nitrogens with one attached hydrogen (secondary N) is 1. The number of carbonyl (C=O) groups excluding carboxylic acids is 1. The zero-order valence-corrected chi connectivity index (χ0v) is 11.1. The predicted octanol–water partition coefficient (Wildman–Crippen LogP) is 2.92. The quantitative estimate of drug-likeness (QED) is 0.842. The maximum Gasteiger partial charge on any atom is 0.225 e. The van der Waals surface area contributed by atoms with Crippen LogP contribution in [0, 0.1) is 0 Å². The van der Waals surface area contributed by atoms with E-state index in [0.29, 0.717) is 22.2 Å². The minimum absolute atomic E-state index is 0.195. The van der Waals surface area contributed by atoms with Gasteiger partial charge in [0.25, 0.3) is 0 Å². The fourth-order valence-electron chi connectivity index (χ4n) is 1.26. The van der Waals surface area contributed by atoms with Crippen LogP contribution >= 0.6 is 23.2 Å². The monoisotopic (exact) mass is 277 g/mol. The van der Waals surface area contributed by atoms with Gasteiger partial charge in [0.2, 0.25) is 5.91 Å². The van der Waals surface area contributed by atoms with Crippen LogP contribution < -0.4 is 14.8 Å². The second-order valence-corrected chi connectivity index (χ2v) is 3.96. The molecule has 0 saturated carbocycles. The molecule has 1 aromatic carbocycles. The summed E-state index contributed by atoms with van der Waals surface area (Å²) in [6.07, 6.45) is 0.231. The molecule has 0 spiro atoms. The van der Waals surface area contributed by atoms with E-state index in [1.807, 2.05) is 0 Å². The van der Waals surface area contributed by atoms with Crippen molar-refractivity contribution in [1.29, 1.82) is 0 Å². The molecule has 1 N–H and O–H groups in total. The minimum atomic E-state index is -0.195. The number of hydrogen-bond donors (Lipinski definition) is 1. The van der Waals surface area contributed by atoms with Crippen LogP contribution in [-0.4, -0.2) is 26.0 Å². The first-order valence-electron chi connectivity index (χ1n) is 4.89. The highest BCUT2D eigenvalue weighted by atomic mass is 35.5. The normalized spacial score (nSPS) is 9.88. The van der Waals surface area contributed by atoms with Crippen molar-refractivity contribution >= 4 is 34.8 Å². The van der Waals surface area contributed by atoms with Crippen molar-refractivity contribution in [3.8, 4) is 11.5 Å². The van der Waals surface area contributed by atoms with E-state index in [0.717, 1.165) is 0 Å². The third-order valence-electron chi connectivity index (χ3n) is 2.07. The van der Waals surface area contributed by atoms with Crippen LogP contribution in [0.5, 0.6) is 11.5 Å². The molecule has 0 saturated heterocycles. The van der Waals surface area contributed by atoms with Crippen molar-refractivity contribution in [2.75, 3.05) is 25.4 Å². The molecule has 0 heterocycles. The van der Waals surface area contributed by atoms with E-state index in [9.17, 15) is 4.79 Å². The molecule has 0 aliphatic carbocycles. The topological polar surface area (TPSA) is 47.6 Å². The molecule has 1 rings (SSSR count). The molecule has 0 aliphatic rings. The van der Waals surface area contributed by atoms with Crippen molar-refractivity contribution < 1.29 is 14.3 Å². The number of halogens is 2. The number of rotatable bonds is 5. The molecule has 6 heteroatoms. The van der Waals surface area contributed by atoms with E-state index in [4.69, 9.17) is 32.7 Å². The fraction of sp³-hybridized carbons (Fsp3) is 0.364. The SMILES string of the molecule is COc1cc(OC)c(NC(=O)CCCl)cc1Cl. The minimum Gasteiger partial charge on any atom is -0.495 e. The average Bonchev–Trinajstić information content (AvgIpc) is 2.29. The van der Waals surface area contributed by atoms with Gasteiger partial charge in [-0.2, -0.15) is 0 Å². The fourth-order valence-corrected chi connectivity index (χ4v) is 1.67. The van der Waals surface area contributed by atoms with Gasteiger partial charge in [-0.15, -0.1) is 11.6 Å². The lowest BCUT2D eigenvalue weighted by Crippen LogP contribution is -2.12. The van der Waals surface area contributed by atoms with Gasteiger partial charge in [0.15, 0.2) is 0 Å².